The second kappa shape index (κ2) is 5.24. The van der Waals surface area contributed by atoms with Crippen LogP contribution >= 0.6 is 12.4 Å². The minimum Gasteiger partial charge on any atom is -0.398 e. The summed E-state index contributed by atoms with van der Waals surface area (Å²) in [6.07, 6.45) is 1.09. The van der Waals surface area contributed by atoms with Crippen molar-refractivity contribution in [3.63, 3.8) is 0 Å². The van der Waals surface area contributed by atoms with Gasteiger partial charge in [0.15, 0.2) is 0 Å². The van der Waals surface area contributed by atoms with Crippen molar-refractivity contribution in [2.45, 2.75) is 25.3 Å². The van der Waals surface area contributed by atoms with E-state index in [2.05, 4.69) is 43.3 Å². The minimum absolute atomic E-state index is 0. The molecule has 1 saturated carbocycles. The smallest absolute Gasteiger partial charge is 0.0393 e. The second-order valence-electron chi connectivity index (χ2n) is 5.22. The first kappa shape index (κ1) is 13.9. The van der Waals surface area contributed by atoms with Gasteiger partial charge < -0.3 is 11.5 Å². The van der Waals surface area contributed by atoms with Crippen LogP contribution in [0, 0.1) is 6.92 Å². The molecule has 2 atom stereocenters. The molecule has 2 nitrogen and oxygen atoms in total. The molecule has 0 aromatic heterocycles. The highest BCUT2D eigenvalue weighted by molar-refractivity contribution is 5.85. The van der Waals surface area contributed by atoms with Crippen molar-refractivity contribution in [3.8, 4) is 11.1 Å². The topological polar surface area (TPSA) is 52.0 Å². The van der Waals surface area contributed by atoms with E-state index >= 15 is 0 Å². The lowest BCUT2D eigenvalue weighted by Gasteiger charge is -2.09. The van der Waals surface area contributed by atoms with Gasteiger partial charge in [-0.1, -0.05) is 35.9 Å². The van der Waals surface area contributed by atoms with Crippen LogP contribution in [0.25, 0.3) is 11.1 Å². The molecule has 0 heterocycles. The van der Waals surface area contributed by atoms with E-state index in [9.17, 15) is 0 Å². The van der Waals surface area contributed by atoms with Gasteiger partial charge >= 0.3 is 0 Å². The Bertz CT molecular complexity index is 578. The summed E-state index contributed by atoms with van der Waals surface area (Å²) < 4.78 is 0. The number of aryl methyl sites for hydroxylation is 1. The monoisotopic (exact) mass is 274 g/mol. The van der Waals surface area contributed by atoms with Crippen molar-refractivity contribution in [2.75, 3.05) is 5.73 Å². The number of benzene rings is 2. The number of nitrogen functional groups attached to an aromatic ring is 1. The van der Waals surface area contributed by atoms with Crippen molar-refractivity contribution in [2.24, 2.45) is 5.73 Å². The Hall–Kier alpha value is -1.51. The molecule has 0 spiro atoms. The van der Waals surface area contributed by atoms with Crippen molar-refractivity contribution < 1.29 is 0 Å². The number of hydrogen-bond acceptors (Lipinski definition) is 2. The molecule has 1 aliphatic carbocycles. The first-order valence-corrected chi connectivity index (χ1v) is 6.37. The predicted octanol–water partition coefficient (Wildman–Crippen LogP) is 3.48. The van der Waals surface area contributed by atoms with Gasteiger partial charge in [-0.3, -0.25) is 0 Å². The SMILES string of the molecule is Cc1ccc(-c2cc(C3CC3N)ccc2N)cc1.Cl. The molecule has 4 N–H and O–H groups in total. The van der Waals surface area contributed by atoms with Crippen molar-refractivity contribution in [1.29, 1.82) is 0 Å². The lowest BCUT2D eigenvalue weighted by molar-refractivity contribution is 0.991. The molecule has 0 bridgehead atoms. The summed E-state index contributed by atoms with van der Waals surface area (Å²) >= 11 is 0. The molecule has 100 valence electrons. The average Bonchev–Trinajstić information content (AvgIpc) is 3.08. The number of halogens is 1. The molecule has 0 radical (unpaired) electrons. The highest BCUT2D eigenvalue weighted by Gasteiger charge is 2.34. The Morgan fingerprint density at radius 3 is 2.26 bits per heavy atom. The Labute approximate surface area is 120 Å². The Balaban J connectivity index is 0.00000133. The van der Waals surface area contributed by atoms with Crippen LogP contribution in [-0.2, 0) is 0 Å². The zero-order valence-electron chi connectivity index (χ0n) is 11.0. The lowest BCUT2D eigenvalue weighted by Crippen LogP contribution is -2.01. The fraction of sp³-hybridized carbons (Fsp3) is 0.250. The van der Waals surface area contributed by atoms with E-state index in [0.29, 0.717) is 12.0 Å². The number of nitrogens with two attached hydrogens (primary N) is 2. The van der Waals surface area contributed by atoms with Crippen molar-refractivity contribution >= 4 is 18.1 Å². The van der Waals surface area contributed by atoms with Crippen LogP contribution in [0.1, 0.15) is 23.5 Å². The number of anilines is 1. The van der Waals surface area contributed by atoms with Crippen molar-refractivity contribution in [1.82, 2.24) is 0 Å². The summed E-state index contributed by atoms with van der Waals surface area (Å²) in [6, 6.07) is 15.1. The third-order valence-electron chi connectivity index (χ3n) is 3.71. The molecule has 1 aliphatic rings. The fourth-order valence-electron chi connectivity index (χ4n) is 2.39. The van der Waals surface area contributed by atoms with Gasteiger partial charge in [0.2, 0.25) is 0 Å². The summed E-state index contributed by atoms with van der Waals surface area (Å²) in [4.78, 5) is 0. The van der Waals surface area contributed by atoms with Gasteiger partial charge in [0.25, 0.3) is 0 Å². The average molecular weight is 275 g/mol. The molecular formula is C16H19ClN2. The Morgan fingerprint density at radius 2 is 1.68 bits per heavy atom. The van der Waals surface area contributed by atoms with Crippen LogP contribution in [0.2, 0.25) is 0 Å². The normalized spacial score (nSPS) is 20.7. The number of hydrogen-bond donors (Lipinski definition) is 2. The minimum atomic E-state index is 0. The maximum absolute atomic E-state index is 6.08. The molecule has 3 rings (SSSR count). The number of rotatable bonds is 2. The zero-order chi connectivity index (χ0) is 12.7. The maximum Gasteiger partial charge on any atom is 0.0393 e. The van der Waals surface area contributed by atoms with Gasteiger partial charge in [-0.15, -0.1) is 12.4 Å². The summed E-state index contributed by atoms with van der Waals surface area (Å²) in [5.41, 5.74) is 17.7. The van der Waals surface area contributed by atoms with Gasteiger partial charge in [-0.2, -0.15) is 0 Å². The van der Waals surface area contributed by atoms with E-state index in [-0.39, 0.29) is 12.4 Å². The molecule has 2 aromatic rings. The van der Waals surface area contributed by atoms with E-state index in [4.69, 9.17) is 11.5 Å². The largest absolute Gasteiger partial charge is 0.398 e. The zero-order valence-corrected chi connectivity index (χ0v) is 11.8. The molecule has 3 heteroatoms. The van der Waals surface area contributed by atoms with Crippen LogP contribution in [0.4, 0.5) is 5.69 Å². The van der Waals surface area contributed by atoms with Crippen LogP contribution in [0.3, 0.4) is 0 Å². The summed E-state index contributed by atoms with van der Waals surface area (Å²) in [5.74, 6) is 0.523. The van der Waals surface area contributed by atoms with Gasteiger partial charge in [-0.25, -0.2) is 0 Å². The third kappa shape index (κ3) is 2.75. The molecule has 2 aromatic carbocycles. The van der Waals surface area contributed by atoms with Gasteiger partial charge in [-0.05, 0) is 36.6 Å². The Kier molecular flexibility index (Phi) is 3.83. The molecule has 19 heavy (non-hydrogen) atoms. The van der Waals surface area contributed by atoms with E-state index in [1.54, 1.807) is 0 Å². The fourth-order valence-corrected chi connectivity index (χ4v) is 2.39. The molecule has 0 saturated heterocycles. The molecule has 2 unspecified atom stereocenters. The molecule has 0 aliphatic heterocycles. The van der Waals surface area contributed by atoms with E-state index in [1.807, 2.05) is 6.07 Å². The molecule has 0 amide bonds. The molecular weight excluding hydrogens is 256 g/mol. The van der Waals surface area contributed by atoms with Gasteiger partial charge in [0, 0.05) is 23.2 Å². The summed E-state index contributed by atoms with van der Waals surface area (Å²) in [5, 5.41) is 0. The highest BCUT2D eigenvalue weighted by Crippen LogP contribution is 2.41. The summed E-state index contributed by atoms with van der Waals surface area (Å²) in [6.45, 7) is 2.09. The van der Waals surface area contributed by atoms with Gasteiger partial charge in [0.1, 0.15) is 0 Å². The predicted molar refractivity (Wildman–Crippen MR) is 83.6 cm³/mol. The first-order valence-electron chi connectivity index (χ1n) is 6.37. The Morgan fingerprint density at radius 1 is 1.05 bits per heavy atom. The second-order valence-corrected chi connectivity index (χ2v) is 5.22. The third-order valence-corrected chi connectivity index (χ3v) is 3.71. The van der Waals surface area contributed by atoms with E-state index in [1.165, 1.54) is 16.7 Å². The van der Waals surface area contributed by atoms with Crippen LogP contribution in [-0.4, -0.2) is 6.04 Å². The van der Waals surface area contributed by atoms with Gasteiger partial charge in [0.05, 0.1) is 0 Å². The maximum atomic E-state index is 6.08. The molecule has 1 fully saturated rings. The van der Waals surface area contributed by atoms with Crippen molar-refractivity contribution in [3.05, 3.63) is 53.6 Å². The highest BCUT2D eigenvalue weighted by atomic mass is 35.5. The van der Waals surface area contributed by atoms with Crippen LogP contribution in [0.5, 0.6) is 0 Å². The summed E-state index contributed by atoms with van der Waals surface area (Å²) in [7, 11) is 0. The van der Waals surface area contributed by atoms with Crippen LogP contribution < -0.4 is 11.5 Å². The standard InChI is InChI=1S/C16H18N2.ClH/c1-10-2-4-11(5-3-10)13-8-12(6-7-15(13)17)14-9-16(14)18;/h2-8,14,16H,9,17-18H2,1H3;1H. The van der Waals surface area contributed by atoms with E-state index in [0.717, 1.165) is 17.7 Å². The quantitative estimate of drug-likeness (QED) is 0.824. The first-order chi connectivity index (χ1) is 8.65. The van der Waals surface area contributed by atoms with E-state index < -0.39 is 0 Å². The van der Waals surface area contributed by atoms with Crippen LogP contribution in [0.15, 0.2) is 42.5 Å². The lowest BCUT2D eigenvalue weighted by atomic mass is 9.98.